The summed E-state index contributed by atoms with van der Waals surface area (Å²) < 4.78 is 24.1. The molecule has 0 atom stereocenters. The van der Waals surface area contributed by atoms with Gasteiger partial charge in [-0.1, -0.05) is 27.5 Å². The third-order valence-electron chi connectivity index (χ3n) is 2.29. The van der Waals surface area contributed by atoms with E-state index in [1.165, 1.54) is 0 Å². The van der Waals surface area contributed by atoms with E-state index in [0.29, 0.717) is 10.6 Å². The fraction of sp³-hybridized carbons (Fsp3) is 0.455. The number of hydrogen-bond acceptors (Lipinski definition) is 2. The van der Waals surface area contributed by atoms with Crippen molar-refractivity contribution in [2.24, 2.45) is 0 Å². The molecular weight excluding hydrogens is 312 g/mol. The zero-order valence-electron chi connectivity index (χ0n) is 9.42. The molecule has 1 rings (SSSR count). The van der Waals surface area contributed by atoms with Crippen molar-refractivity contribution in [1.29, 1.82) is 0 Å². The van der Waals surface area contributed by atoms with Gasteiger partial charge in [0.25, 0.3) is 0 Å². The van der Waals surface area contributed by atoms with Crippen LogP contribution in [-0.2, 0) is 15.6 Å². The summed E-state index contributed by atoms with van der Waals surface area (Å²) in [5, 5.41) is 0.482. The first-order valence-corrected chi connectivity index (χ1v) is 7.62. The summed E-state index contributed by atoms with van der Waals surface area (Å²) in [5.41, 5.74) is 0.631. The van der Waals surface area contributed by atoms with Crippen molar-refractivity contribution in [2.45, 2.75) is 31.3 Å². The highest BCUT2D eigenvalue weighted by atomic mass is 79.9. The van der Waals surface area contributed by atoms with Gasteiger partial charge in [0.15, 0.2) is 9.84 Å². The highest BCUT2D eigenvalue weighted by molar-refractivity contribution is 9.10. The van der Waals surface area contributed by atoms with E-state index in [2.05, 4.69) is 15.9 Å². The van der Waals surface area contributed by atoms with Crippen molar-refractivity contribution < 1.29 is 8.42 Å². The molecule has 2 nitrogen and oxygen atoms in total. The largest absolute Gasteiger partial charge is 0.228 e. The van der Waals surface area contributed by atoms with Crippen molar-refractivity contribution in [3.63, 3.8) is 0 Å². The number of hydrogen-bond donors (Lipinski definition) is 0. The Bertz CT molecular complexity index is 489. The summed E-state index contributed by atoms with van der Waals surface area (Å²) >= 11 is 9.27. The fourth-order valence-electron chi connectivity index (χ4n) is 1.08. The van der Waals surface area contributed by atoms with Crippen LogP contribution < -0.4 is 0 Å². The summed E-state index contributed by atoms with van der Waals surface area (Å²) in [5.74, 6) is -0.0330. The van der Waals surface area contributed by atoms with Crippen molar-refractivity contribution >= 4 is 37.4 Å². The molecule has 5 heteroatoms. The lowest BCUT2D eigenvalue weighted by Gasteiger charge is -2.19. The zero-order chi connectivity index (χ0) is 12.6. The lowest BCUT2D eigenvalue weighted by molar-refractivity contribution is 0.559. The highest BCUT2D eigenvalue weighted by Crippen LogP contribution is 2.27. The van der Waals surface area contributed by atoms with E-state index in [1.54, 1.807) is 39.0 Å². The standard InChI is InChI=1S/C11H14BrClO2S/c1-11(2,3)16(14,15)7-8-6-9(12)4-5-10(8)13/h4-6H,7H2,1-3H3. The molecule has 0 bridgehead atoms. The molecule has 0 saturated carbocycles. The number of sulfone groups is 1. The van der Waals surface area contributed by atoms with Gasteiger partial charge in [-0.05, 0) is 44.5 Å². The zero-order valence-corrected chi connectivity index (χ0v) is 12.6. The first-order chi connectivity index (χ1) is 7.13. The van der Waals surface area contributed by atoms with Crippen molar-refractivity contribution in [1.82, 2.24) is 0 Å². The van der Waals surface area contributed by atoms with Crippen LogP contribution in [-0.4, -0.2) is 13.2 Å². The van der Waals surface area contributed by atoms with Gasteiger partial charge >= 0.3 is 0 Å². The lowest BCUT2D eigenvalue weighted by Crippen LogP contribution is -2.29. The summed E-state index contributed by atoms with van der Waals surface area (Å²) in [7, 11) is -3.20. The summed E-state index contributed by atoms with van der Waals surface area (Å²) in [6.45, 7) is 5.07. The second kappa shape index (κ2) is 4.67. The minimum absolute atomic E-state index is 0.0330. The van der Waals surface area contributed by atoms with Crippen LogP contribution in [0.2, 0.25) is 5.02 Å². The van der Waals surface area contributed by atoms with Crippen LogP contribution >= 0.6 is 27.5 Å². The maximum absolute atomic E-state index is 12.0. The predicted molar refractivity (Wildman–Crippen MR) is 71.5 cm³/mol. The Kier molecular flexibility index (Phi) is 4.08. The van der Waals surface area contributed by atoms with E-state index in [4.69, 9.17) is 11.6 Å². The molecule has 0 aliphatic heterocycles. The average molecular weight is 326 g/mol. The number of rotatable bonds is 2. The van der Waals surface area contributed by atoms with Crippen molar-refractivity contribution in [3.8, 4) is 0 Å². The Hall–Kier alpha value is -0.0600. The van der Waals surface area contributed by atoms with E-state index in [1.807, 2.05) is 0 Å². The third-order valence-corrected chi connectivity index (χ3v) is 5.71. The van der Waals surface area contributed by atoms with Gasteiger partial charge in [-0.3, -0.25) is 0 Å². The van der Waals surface area contributed by atoms with Gasteiger partial charge in [0.2, 0.25) is 0 Å². The van der Waals surface area contributed by atoms with Crippen LogP contribution in [0.3, 0.4) is 0 Å². The predicted octanol–water partition coefficient (Wildman–Crippen LogP) is 3.82. The normalized spacial score (nSPS) is 12.8. The molecule has 0 saturated heterocycles. The van der Waals surface area contributed by atoms with E-state index in [-0.39, 0.29) is 5.75 Å². The fourth-order valence-corrected chi connectivity index (χ4v) is 2.83. The van der Waals surface area contributed by atoms with Gasteiger partial charge in [0.1, 0.15) is 0 Å². The first-order valence-electron chi connectivity index (χ1n) is 4.80. The number of halogens is 2. The van der Waals surface area contributed by atoms with Gasteiger partial charge < -0.3 is 0 Å². The minimum Gasteiger partial charge on any atom is -0.228 e. The van der Waals surface area contributed by atoms with Gasteiger partial charge in [-0.2, -0.15) is 0 Å². The maximum Gasteiger partial charge on any atom is 0.159 e. The van der Waals surface area contributed by atoms with Gasteiger partial charge in [-0.15, -0.1) is 0 Å². The molecule has 0 fully saturated rings. The third kappa shape index (κ3) is 3.22. The monoisotopic (exact) mass is 324 g/mol. The summed E-state index contributed by atoms with van der Waals surface area (Å²) in [6, 6.07) is 5.22. The molecule has 0 amide bonds. The smallest absolute Gasteiger partial charge is 0.159 e. The Morgan fingerprint density at radius 3 is 2.38 bits per heavy atom. The highest BCUT2D eigenvalue weighted by Gasteiger charge is 2.29. The van der Waals surface area contributed by atoms with Crippen LogP contribution in [0.15, 0.2) is 22.7 Å². The Labute approximate surface area is 110 Å². The lowest BCUT2D eigenvalue weighted by atomic mass is 10.2. The molecule has 0 spiro atoms. The van der Waals surface area contributed by atoms with Crippen LogP contribution in [0.5, 0.6) is 0 Å². The first kappa shape index (κ1) is 14.0. The van der Waals surface area contributed by atoms with Gasteiger partial charge in [0.05, 0.1) is 10.5 Å². The maximum atomic E-state index is 12.0. The van der Waals surface area contributed by atoms with E-state index in [0.717, 1.165) is 4.47 Å². The van der Waals surface area contributed by atoms with Gasteiger partial charge in [0, 0.05) is 9.50 Å². The second-order valence-electron chi connectivity index (χ2n) is 4.61. The van der Waals surface area contributed by atoms with Crippen LogP contribution in [0, 0.1) is 0 Å². The Morgan fingerprint density at radius 1 is 1.31 bits per heavy atom. The number of benzene rings is 1. The molecule has 0 unspecified atom stereocenters. The quantitative estimate of drug-likeness (QED) is 0.828. The van der Waals surface area contributed by atoms with Crippen molar-refractivity contribution in [3.05, 3.63) is 33.3 Å². The molecule has 0 aliphatic carbocycles. The molecule has 16 heavy (non-hydrogen) atoms. The van der Waals surface area contributed by atoms with Gasteiger partial charge in [-0.25, -0.2) is 8.42 Å². The molecule has 90 valence electrons. The molecule has 1 aromatic carbocycles. The molecule has 0 aliphatic rings. The summed E-state index contributed by atoms with van der Waals surface area (Å²) in [4.78, 5) is 0. The molecule has 0 aromatic heterocycles. The Balaban J connectivity index is 3.11. The topological polar surface area (TPSA) is 34.1 Å². The molecular formula is C11H14BrClO2S. The summed E-state index contributed by atoms with van der Waals surface area (Å²) in [6.07, 6.45) is 0. The Morgan fingerprint density at radius 2 is 1.88 bits per heavy atom. The van der Waals surface area contributed by atoms with Crippen LogP contribution in [0.25, 0.3) is 0 Å². The molecule has 0 radical (unpaired) electrons. The molecule has 0 N–H and O–H groups in total. The molecule has 0 heterocycles. The van der Waals surface area contributed by atoms with E-state index < -0.39 is 14.6 Å². The van der Waals surface area contributed by atoms with E-state index >= 15 is 0 Å². The second-order valence-corrected chi connectivity index (χ2v) is 8.67. The average Bonchev–Trinajstić information content (AvgIpc) is 2.09. The molecule has 1 aromatic rings. The minimum atomic E-state index is -3.20. The van der Waals surface area contributed by atoms with Crippen LogP contribution in [0.4, 0.5) is 0 Å². The van der Waals surface area contributed by atoms with Crippen molar-refractivity contribution in [2.75, 3.05) is 0 Å². The SMILES string of the molecule is CC(C)(C)S(=O)(=O)Cc1cc(Br)ccc1Cl. The van der Waals surface area contributed by atoms with Crippen LogP contribution in [0.1, 0.15) is 26.3 Å². The van der Waals surface area contributed by atoms with E-state index in [9.17, 15) is 8.42 Å².